The predicted octanol–water partition coefficient (Wildman–Crippen LogP) is 7.07. The summed E-state index contributed by atoms with van der Waals surface area (Å²) in [6.45, 7) is 5.82. The zero-order valence-corrected chi connectivity index (χ0v) is 14.9. The van der Waals surface area contributed by atoms with Crippen LogP contribution in [0.3, 0.4) is 0 Å². The topological polar surface area (TPSA) is 3.24 Å². The van der Waals surface area contributed by atoms with Crippen molar-refractivity contribution in [1.29, 1.82) is 0 Å². The minimum absolute atomic E-state index is 0.997. The molecule has 0 spiro atoms. The number of anilines is 3. The lowest BCUT2D eigenvalue weighted by Crippen LogP contribution is -2.09. The van der Waals surface area contributed by atoms with Crippen LogP contribution in [0.5, 0.6) is 0 Å². The highest BCUT2D eigenvalue weighted by Crippen LogP contribution is 2.36. The molecule has 4 aromatic carbocycles. The molecule has 1 heteroatoms. The fourth-order valence-electron chi connectivity index (χ4n) is 3.25. The molecule has 0 N–H and O–H groups in total. The molecule has 0 aromatic heterocycles. The maximum atomic E-state index is 5.82. The molecule has 0 aliphatic rings. The lowest BCUT2D eigenvalue weighted by atomic mass is 9.99. The normalized spacial score (nSPS) is 10.4. The van der Waals surface area contributed by atoms with E-state index in [9.17, 15) is 0 Å². The molecule has 0 unspecified atom stereocenters. The first-order valence-electron chi connectivity index (χ1n) is 8.92. The van der Waals surface area contributed by atoms with Gasteiger partial charge in [0.25, 0.3) is 0 Å². The first kappa shape index (κ1) is 16.9. The second kappa shape index (κ2) is 7.76. The second-order valence-corrected chi connectivity index (χ2v) is 6.24. The van der Waals surface area contributed by atoms with Crippen molar-refractivity contribution in [3.8, 4) is 11.1 Å². The van der Waals surface area contributed by atoms with Gasteiger partial charge >= 0.3 is 0 Å². The van der Waals surface area contributed by atoms with Crippen LogP contribution in [0.25, 0.3) is 17.2 Å². The summed E-state index contributed by atoms with van der Waals surface area (Å²) in [6.07, 6.45) is 1.64. The van der Waals surface area contributed by atoms with E-state index in [0.29, 0.717) is 0 Å². The summed E-state index contributed by atoms with van der Waals surface area (Å²) in [7, 11) is 0. The molecule has 128 valence electrons. The Hall–Kier alpha value is -3.58. The Bertz CT molecular complexity index is 996. The number of hydrogen-bond acceptors (Lipinski definition) is 1. The zero-order chi connectivity index (χ0) is 18.5. The van der Waals surface area contributed by atoms with Gasteiger partial charge in [-0.3, -0.25) is 0 Å². The van der Waals surface area contributed by atoms with Crippen molar-refractivity contribution >= 4 is 23.1 Å². The van der Waals surface area contributed by atoms with Gasteiger partial charge in [0, 0.05) is 17.1 Å². The van der Waals surface area contributed by atoms with Gasteiger partial charge in [-0.25, -0.2) is 0 Å². The molecule has 0 saturated carbocycles. The minimum Gasteiger partial charge on any atom is -0.310 e. The lowest BCUT2D eigenvalue weighted by molar-refractivity contribution is 1.28. The fraction of sp³-hybridized carbons (Fsp3) is 0. The number of rotatable bonds is 5. The van der Waals surface area contributed by atoms with Crippen molar-refractivity contribution in [2.75, 3.05) is 4.90 Å². The molecule has 0 amide bonds. The molecule has 27 heavy (non-hydrogen) atoms. The van der Waals surface area contributed by atoms with Gasteiger partial charge in [-0.1, -0.05) is 73.3 Å². The molecular weight excluding hydrogens is 326 g/mol. The van der Waals surface area contributed by atoms with Gasteiger partial charge in [0.1, 0.15) is 0 Å². The Labute approximate surface area is 160 Å². The smallest absolute Gasteiger partial charge is 0.0467 e. The summed E-state index contributed by atoms with van der Waals surface area (Å²) in [5.74, 6) is 0. The monoisotopic (exact) mass is 345 g/mol. The van der Waals surface area contributed by atoms with E-state index >= 15 is 0 Å². The summed E-state index contributed by atoms with van der Waals surface area (Å²) in [6, 6.07) is 38.3. The van der Waals surface area contributed by atoms with E-state index in [0.717, 1.165) is 33.8 Å². The SMILES string of the molecule is [CH]=Cc1cc[c]cc1-c1cccc(N(c2ccccc2)c2ccccc2)c1. The van der Waals surface area contributed by atoms with Crippen LogP contribution in [-0.4, -0.2) is 0 Å². The Balaban J connectivity index is 1.86. The molecule has 0 heterocycles. The van der Waals surface area contributed by atoms with Crippen molar-refractivity contribution in [3.05, 3.63) is 121 Å². The Morgan fingerprint density at radius 3 is 1.96 bits per heavy atom. The molecule has 0 atom stereocenters. The molecule has 1 nitrogen and oxygen atoms in total. The molecule has 0 bridgehead atoms. The Morgan fingerprint density at radius 1 is 0.704 bits per heavy atom. The standard InChI is InChI=1S/C26H19N/c1-2-21-12-9-10-19-26(21)22-13-11-18-25(20-22)27(23-14-5-3-6-15-23)24-16-7-4-8-17-24/h1-9,11-20H. The van der Waals surface area contributed by atoms with E-state index in [1.807, 2.05) is 30.3 Å². The summed E-state index contributed by atoms with van der Waals surface area (Å²) >= 11 is 0. The maximum absolute atomic E-state index is 5.82. The third kappa shape index (κ3) is 3.54. The number of nitrogens with zero attached hydrogens (tertiary/aromatic N) is 1. The Kier molecular flexibility index (Phi) is 4.84. The highest BCUT2D eigenvalue weighted by atomic mass is 15.1. The van der Waals surface area contributed by atoms with Gasteiger partial charge in [-0.15, -0.1) is 0 Å². The third-order valence-corrected chi connectivity index (χ3v) is 4.52. The highest BCUT2D eigenvalue weighted by Gasteiger charge is 2.13. The van der Waals surface area contributed by atoms with Gasteiger partial charge in [0.15, 0.2) is 0 Å². The summed E-state index contributed by atoms with van der Waals surface area (Å²) < 4.78 is 0. The predicted molar refractivity (Wildman–Crippen MR) is 114 cm³/mol. The molecule has 0 aliphatic heterocycles. The van der Waals surface area contributed by atoms with E-state index < -0.39 is 0 Å². The van der Waals surface area contributed by atoms with Crippen LogP contribution in [-0.2, 0) is 0 Å². The summed E-state index contributed by atoms with van der Waals surface area (Å²) in [5.41, 5.74) is 6.51. The second-order valence-electron chi connectivity index (χ2n) is 6.24. The largest absolute Gasteiger partial charge is 0.310 e. The molecule has 2 radical (unpaired) electrons. The number of para-hydroxylation sites is 2. The van der Waals surface area contributed by atoms with Crippen molar-refractivity contribution in [2.24, 2.45) is 0 Å². The van der Waals surface area contributed by atoms with E-state index in [1.165, 1.54) is 0 Å². The minimum atomic E-state index is 0.997. The molecule has 4 aromatic rings. The van der Waals surface area contributed by atoms with E-state index in [4.69, 9.17) is 6.58 Å². The third-order valence-electron chi connectivity index (χ3n) is 4.52. The first-order valence-corrected chi connectivity index (χ1v) is 8.92. The molecule has 0 aliphatic carbocycles. The van der Waals surface area contributed by atoms with Crippen molar-refractivity contribution in [1.82, 2.24) is 0 Å². The fourth-order valence-corrected chi connectivity index (χ4v) is 3.25. The van der Waals surface area contributed by atoms with E-state index in [2.05, 4.69) is 83.8 Å². The van der Waals surface area contributed by atoms with Gasteiger partial charge in [-0.2, -0.15) is 0 Å². The van der Waals surface area contributed by atoms with Crippen LogP contribution in [0.4, 0.5) is 17.1 Å². The van der Waals surface area contributed by atoms with Crippen LogP contribution in [0.1, 0.15) is 5.56 Å². The Morgan fingerprint density at radius 2 is 1.33 bits per heavy atom. The van der Waals surface area contributed by atoms with Crippen molar-refractivity contribution in [3.63, 3.8) is 0 Å². The molecule has 4 rings (SSSR count). The highest BCUT2D eigenvalue weighted by molar-refractivity contribution is 5.82. The average Bonchev–Trinajstić information content (AvgIpc) is 2.76. The van der Waals surface area contributed by atoms with Gasteiger partial charge in [0.2, 0.25) is 0 Å². The molecule has 0 fully saturated rings. The molecular formula is C26H19N. The van der Waals surface area contributed by atoms with Crippen LogP contribution < -0.4 is 4.90 Å². The van der Waals surface area contributed by atoms with Gasteiger partial charge in [0.05, 0.1) is 0 Å². The van der Waals surface area contributed by atoms with Crippen molar-refractivity contribution < 1.29 is 0 Å². The number of benzene rings is 4. The summed E-state index contributed by atoms with van der Waals surface area (Å²) in [5, 5.41) is 0. The average molecular weight is 345 g/mol. The number of hydrogen-bond donors (Lipinski definition) is 0. The van der Waals surface area contributed by atoms with Crippen LogP contribution in [0.15, 0.2) is 103 Å². The van der Waals surface area contributed by atoms with E-state index in [-0.39, 0.29) is 0 Å². The maximum Gasteiger partial charge on any atom is 0.0467 e. The van der Waals surface area contributed by atoms with Crippen molar-refractivity contribution in [2.45, 2.75) is 0 Å². The van der Waals surface area contributed by atoms with Crippen LogP contribution in [0.2, 0.25) is 0 Å². The molecule has 0 saturated heterocycles. The van der Waals surface area contributed by atoms with E-state index in [1.54, 1.807) is 6.08 Å². The zero-order valence-electron chi connectivity index (χ0n) is 14.9. The van der Waals surface area contributed by atoms with Crippen LogP contribution >= 0.6 is 0 Å². The quantitative estimate of drug-likeness (QED) is 0.374. The first-order chi connectivity index (χ1) is 13.4. The van der Waals surface area contributed by atoms with Gasteiger partial charge in [-0.05, 0) is 65.2 Å². The van der Waals surface area contributed by atoms with Gasteiger partial charge < -0.3 is 4.90 Å². The lowest BCUT2D eigenvalue weighted by Gasteiger charge is -2.26. The summed E-state index contributed by atoms with van der Waals surface area (Å²) in [4.78, 5) is 2.25. The van der Waals surface area contributed by atoms with Crippen LogP contribution in [0, 0.1) is 12.6 Å².